The Morgan fingerprint density at radius 3 is 2.69 bits per heavy atom. The van der Waals surface area contributed by atoms with Crippen molar-refractivity contribution in [2.24, 2.45) is 0 Å². The number of benzene rings is 2. The molecule has 2 heterocycles. The molecule has 4 aromatic rings. The van der Waals surface area contributed by atoms with E-state index in [2.05, 4.69) is 20.7 Å². The molecule has 4 rings (SSSR count). The Hall–Kier alpha value is -3.74. The number of carbonyl (C=O) groups is 1. The second-order valence-corrected chi connectivity index (χ2v) is 6.71. The van der Waals surface area contributed by atoms with Crippen LogP contribution < -0.4 is 5.32 Å². The third kappa shape index (κ3) is 4.08. The standard InChI is InChI=1S/C22H19FN4O2/c1-14(15-5-3-2-4-6-15)19-11-20(29-27-19)22(28)24-12-17-13-25-26-21(17)16-7-9-18(23)10-8-16/h2-11,13-14H,12H2,1H3,(H,24,28)(H,25,26)/t14-/m0/s1. The Balaban J connectivity index is 1.43. The van der Waals surface area contributed by atoms with Crippen LogP contribution in [0, 0.1) is 5.82 Å². The maximum Gasteiger partial charge on any atom is 0.290 e. The van der Waals surface area contributed by atoms with E-state index in [1.54, 1.807) is 24.4 Å². The summed E-state index contributed by atoms with van der Waals surface area (Å²) < 4.78 is 18.4. The highest BCUT2D eigenvalue weighted by Crippen LogP contribution is 2.24. The van der Waals surface area contributed by atoms with Crippen LogP contribution in [0.5, 0.6) is 0 Å². The lowest BCUT2D eigenvalue weighted by Crippen LogP contribution is -2.22. The van der Waals surface area contributed by atoms with Gasteiger partial charge in [0.05, 0.1) is 17.6 Å². The normalized spacial score (nSPS) is 11.9. The predicted molar refractivity (Wildman–Crippen MR) is 106 cm³/mol. The number of H-pyrrole nitrogens is 1. The molecule has 0 unspecified atom stereocenters. The van der Waals surface area contributed by atoms with Crippen molar-refractivity contribution in [3.05, 3.63) is 95.3 Å². The number of hydrogen-bond acceptors (Lipinski definition) is 4. The molecule has 2 N–H and O–H groups in total. The van der Waals surface area contributed by atoms with Crippen LogP contribution in [0.25, 0.3) is 11.3 Å². The molecule has 7 heteroatoms. The Kier molecular flexibility index (Phi) is 5.20. The smallest absolute Gasteiger partial charge is 0.290 e. The third-order valence-corrected chi connectivity index (χ3v) is 4.79. The van der Waals surface area contributed by atoms with E-state index in [1.807, 2.05) is 37.3 Å². The zero-order valence-corrected chi connectivity index (χ0v) is 15.7. The molecule has 2 aromatic carbocycles. The number of halogens is 1. The number of nitrogens with one attached hydrogen (secondary N) is 2. The molecule has 0 aliphatic carbocycles. The maximum absolute atomic E-state index is 13.1. The Bertz CT molecular complexity index is 1100. The fourth-order valence-corrected chi connectivity index (χ4v) is 3.09. The molecule has 1 atom stereocenters. The van der Waals surface area contributed by atoms with Gasteiger partial charge in [0.1, 0.15) is 5.82 Å². The molecule has 29 heavy (non-hydrogen) atoms. The molecule has 146 valence electrons. The quantitative estimate of drug-likeness (QED) is 0.515. The van der Waals surface area contributed by atoms with Crippen LogP contribution in [0.2, 0.25) is 0 Å². The number of aromatic amines is 1. The highest BCUT2D eigenvalue weighted by atomic mass is 19.1. The third-order valence-electron chi connectivity index (χ3n) is 4.79. The topological polar surface area (TPSA) is 83.8 Å². The van der Waals surface area contributed by atoms with E-state index in [4.69, 9.17) is 4.52 Å². The van der Waals surface area contributed by atoms with E-state index in [0.717, 1.165) is 22.4 Å². The minimum Gasteiger partial charge on any atom is -0.351 e. The summed E-state index contributed by atoms with van der Waals surface area (Å²) in [6.07, 6.45) is 1.63. The van der Waals surface area contributed by atoms with Gasteiger partial charge in [0.2, 0.25) is 5.76 Å². The molecule has 2 aromatic heterocycles. The van der Waals surface area contributed by atoms with Crippen LogP contribution in [-0.4, -0.2) is 21.3 Å². The number of aromatic nitrogens is 3. The highest BCUT2D eigenvalue weighted by Gasteiger charge is 2.18. The average Bonchev–Trinajstić information content (AvgIpc) is 3.43. The SMILES string of the molecule is C[C@@H](c1ccccc1)c1cc(C(=O)NCc2cn[nH]c2-c2ccc(F)cc2)on1. The van der Waals surface area contributed by atoms with Gasteiger partial charge in [-0.05, 0) is 29.8 Å². The fraction of sp³-hybridized carbons (Fsp3) is 0.136. The fourth-order valence-electron chi connectivity index (χ4n) is 3.09. The van der Waals surface area contributed by atoms with Crippen molar-refractivity contribution in [3.8, 4) is 11.3 Å². The molecule has 0 saturated carbocycles. The van der Waals surface area contributed by atoms with E-state index >= 15 is 0 Å². The zero-order chi connectivity index (χ0) is 20.2. The monoisotopic (exact) mass is 390 g/mol. The summed E-state index contributed by atoms with van der Waals surface area (Å²) in [4.78, 5) is 12.5. The van der Waals surface area contributed by atoms with Crippen molar-refractivity contribution in [2.45, 2.75) is 19.4 Å². The summed E-state index contributed by atoms with van der Waals surface area (Å²) >= 11 is 0. The number of carbonyl (C=O) groups excluding carboxylic acids is 1. The van der Waals surface area contributed by atoms with E-state index < -0.39 is 0 Å². The second-order valence-electron chi connectivity index (χ2n) is 6.71. The molecule has 0 aliphatic heterocycles. The molecule has 0 aliphatic rings. The molecular formula is C22H19FN4O2. The number of hydrogen-bond donors (Lipinski definition) is 2. The van der Waals surface area contributed by atoms with Gasteiger partial charge < -0.3 is 9.84 Å². The van der Waals surface area contributed by atoms with Gasteiger partial charge >= 0.3 is 0 Å². The van der Waals surface area contributed by atoms with Crippen molar-refractivity contribution >= 4 is 5.91 Å². The molecule has 0 radical (unpaired) electrons. The van der Waals surface area contributed by atoms with Crippen molar-refractivity contribution < 1.29 is 13.7 Å². The molecule has 0 bridgehead atoms. The lowest BCUT2D eigenvalue weighted by molar-refractivity contribution is 0.0914. The summed E-state index contributed by atoms with van der Waals surface area (Å²) in [7, 11) is 0. The van der Waals surface area contributed by atoms with E-state index in [1.165, 1.54) is 12.1 Å². The van der Waals surface area contributed by atoms with Crippen LogP contribution in [0.1, 0.15) is 40.2 Å². The Labute approximate surface area is 166 Å². The summed E-state index contributed by atoms with van der Waals surface area (Å²) in [5, 5.41) is 13.8. The predicted octanol–water partition coefficient (Wildman–Crippen LogP) is 4.29. The van der Waals surface area contributed by atoms with Gasteiger partial charge in [0.25, 0.3) is 5.91 Å². The Morgan fingerprint density at radius 1 is 1.17 bits per heavy atom. The van der Waals surface area contributed by atoms with Crippen LogP contribution in [-0.2, 0) is 6.54 Å². The van der Waals surface area contributed by atoms with Crippen molar-refractivity contribution in [1.82, 2.24) is 20.7 Å². The van der Waals surface area contributed by atoms with Gasteiger partial charge in [-0.3, -0.25) is 9.89 Å². The number of amides is 1. The molecular weight excluding hydrogens is 371 g/mol. The van der Waals surface area contributed by atoms with E-state index in [0.29, 0.717) is 5.69 Å². The van der Waals surface area contributed by atoms with Crippen LogP contribution >= 0.6 is 0 Å². The Morgan fingerprint density at radius 2 is 1.93 bits per heavy atom. The molecule has 1 amide bonds. The summed E-state index contributed by atoms with van der Waals surface area (Å²) in [6, 6.07) is 17.6. The van der Waals surface area contributed by atoms with Gasteiger partial charge in [0.15, 0.2) is 0 Å². The molecule has 0 saturated heterocycles. The summed E-state index contributed by atoms with van der Waals surface area (Å²) in [5.41, 5.74) is 4.07. The van der Waals surface area contributed by atoms with Gasteiger partial charge in [-0.25, -0.2) is 4.39 Å². The van der Waals surface area contributed by atoms with Crippen LogP contribution in [0.3, 0.4) is 0 Å². The van der Waals surface area contributed by atoms with E-state index in [-0.39, 0.29) is 29.9 Å². The molecule has 0 spiro atoms. The number of rotatable bonds is 6. The molecule has 6 nitrogen and oxygen atoms in total. The van der Waals surface area contributed by atoms with Gasteiger partial charge in [-0.15, -0.1) is 0 Å². The van der Waals surface area contributed by atoms with Crippen molar-refractivity contribution in [3.63, 3.8) is 0 Å². The first kappa shape index (κ1) is 18.6. The second kappa shape index (κ2) is 8.10. The summed E-state index contributed by atoms with van der Waals surface area (Å²) in [6.45, 7) is 2.25. The zero-order valence-electron chi connectivity index (χ0n) is 15.7. The lowest BCUT2D eigenvalue weighted by atomic mass is 9.98. The average molecular weight is 390 g/mol. The summed E-state index contributed by atoms with van der Waals surface area (Å²) in [5.74, 6) is -0.515. The first-order valence-corrected chi connectivity index (χ1v) is 9.20. The van der Waals surface area contributed by atoms with Crippen LogP contribution in [0.4, 0.5) is 4.39 Å². The first-order valence-electron chi connectivity index (χ1n) is 9.20. The maximum atomic E-state index is 13.1. The van der Waals surface area contributed by atoms with Gasteiger partial charge in [-0.1, -0.05) is 42.4 Å². The minimum atomic E-state index is -0.365. The minimum absolute atomic E-state index is 0.0143. The molecule has 0 fully saturated rings. The van der Waals surface area contributed by atoms with Crippen molar-refractivity contribution in [2.75, 3.05) is 0 Å². The van der Waals surface area contributed by atoms with Gasteiger partial charge in [-0.2, -0.15) is 5.10 Å². The van der Waals surface area contributed by atoms with Crippen molar-refractivity contribution in [1.29, 1.82) is 0 Å². The first-order chi connectivity index (χ1) is 14.1. The lowest BCUT2D eigenvalue weighted by Gasteiger charge is -2.07. The largest absolute Gasteiger partial charge is 0.351 e. The van der Waals surface area contributed by atoms with Crippen LogP contribution in [0.15, 0.2) is 71.4 Å². The number of nitrogens with zero attached hydrogens (tertiary/aromatic N) is 2. The van der Waals surface area contributed by atoms with E-state index in [9.17, 15) is 9.18 Å². The van der Waals surface area contributed by atoms with Gasteiger partial charge in [0, 0.05) is 29.7 Å². The highest BCUT2D eigenvalue weighted by molar-refractivity contribution is 5.91.